The molecule has 2 heterocycles. The van der Waals surface area contributed by atoms with Gasteiger partial charge in [0.05, 0.1) is 18.2 Å². The molecule has 45 heavy (non-hydrogen) atoms. The van der Waals surface area contributed by atoms with Crippen LogP contribution in [0.3, 0.4) is 0 Å². The summed E-state index contributed by atoms with van der Waals surface area (Å²) in [7, 11) is 1.62. The number of ether oxygens (including phenoxy) is 2. The van der Waals surface area contributed by atoms with Crippen molar-refractivity contribution in [1.29, 1.82) is 0 Å². The van der Waals surface area contributed by atoms with Gasteiger partial charge in [0.1, 0.15) is 39.7 Å². The predicted molar refractivity (Wildman–Crippen MR) is 169 cm³/mol. The van der Waals surface area contributed by atoms with E-state index in [0.717, 1.165) is 33.5 Å². The van der Waals surface area contributed by atoms with Crippen LogP contribution in [0.2, 0.25) is 0 Å². The summed E-state index contributed by atoms with van der Waals surface area (Å²) < 4.78 is 11.3. The molecular formula is C36H34N2O7. The van der Waals surface area contributed by atoms with Crippen LogP contribution in [0.1, 0.15) is 65.0 Å². The number of aromatic hydroxyl groups is 2. The first-order valence-corrected chi connectivity index (χ1v) is 14.6. The molecule has 4 aromatic rings. The van der Waals surface area contributed by atoms with Crippen LogP contribution in [0.4, 0.5) is 0 Å². The van der Waals surface area contributed by atoms with Gasteiger partial charge in [0, 0.05) is 46.4 Å². The number of aryl methyl sites for hydroxylation is 1. The number of aromatic nitrogens is 1. The van der Waals surface area contributed by atoms with Crippen LogP contribution in [-0.2, 0) is 15.0 Å². The van der Waals surface area contributed by atoms with E-state index in [1.165, 1.54) is 19.9 Å². The number of fused-ring (bicyclic) bond motifs is 4. The Balaban J connectivity index is 1.42. The minimum Gasteiger partial charge on any atom is -0.507 e. The van der Waals surface area contributed by atoms with Crippen LogP contribution in [-0.4, -0.2) is 46.2 Å². The van der Waals surface area contributed by atoms with Crippen molar-refractivity contribution < 1.29 is 34.1 Å². The lowest BCUT2D eigenvalue weighted by molar-refractivity contribution is -0.123. The van der Waals surface area contributed by atoms with E-state index >= 15 is 0 Å². The number of allylic oxidation sites excluding steroid dienone is 4. The lowest BCUT2D eigenvalue weighted by Gasteiger charge is -2.29. The number of phenols is 2. The average Bonchev–Trinajstić information content (AvgIpc) is 3.50. The van der Waals surface area contributed by atoms with E-state index in [2.05, 4.69) is 16.4 Å². The number of ketones is 3. The summed E-state index contributed by atoms with van der Waals surface area (Å²) in [5.41, 5.74) is 2.78. The van der Waals surface area contributed by atoms with Crippen molar-refractivity contribution in [2.75, 3.05) is 13.7 Å². The number of aromatic amines is 1. The molecule has 0 saturated heterocycles. The molecule has 230 valence electrons. The highest BCUT2D eigenvalue weighted by Crippen LogP contribution is 2.57. The number of H-pyrrole nitrogens is 1. The van der Waals surface area contributed by atoms with Gasteiger partial charge < -0.3 is 30.0 Å². The molecule has 0 fully saturated rings. The molecule has 1 unspecified atom stereocenters. The van der Waals surface area contributed by atoms with Crippen LogP contribution in [0.15, 0.2) is 71.6 Å². The van der Waals surface area contributed by atoms with Gasteiger partial charge in [-0.3, -0.25) is 14.4 Å². The number of benzene rings is 3. The van der Waals surface area contributed by atoms with Gasteiger partial charge in [-0.25, -0.2) is 0 Å². The van der Waals surface area contributed by atoms with Crippen molar-refractivity contribution in [2.24, 2.45) is 0 Å². The Kier molecular flexibility index (Phi) is 7.07. The first-order valence-electron chi connectivity index (χ1n) is 14.6. The van der Waals surface area contributed by atoms with Gasteiger partial charge in [-0.1, -0.05) is 30.3 Å². The summed E-state index contributed by atoms with van der Waals surface area (Å²) in [5.74, 6) is -1.97. The third-order valence-electron chi connectivity index (χ3n) is 9.14. The Morgan fingerprint density at radius 1 is 1.04 bits per heavy atom. The summed E-state index contributed by atoms with van der Waals surface area (Å²) in [6.07, 6.45) is 1.22. The number of carbonyl (C=O) groups excluding carboxylic acids is 3. The number of rotatable bonds is 7. The van der Waals surface area contributed by atoms with E-state index in [1.807, 2.05) is 49.4 Å². The Bertz CT molecular complexity index is 2000. The van der Waals surface area contributed by atoms with Crippen molar-refractivity contribution >= 4 is 28.3 Å². The van der Waals surface area contributed by atoms with Crippen molar-refractivity contribution in [3.63, 3.8) is 0 Å². The van der Waals surface area contributed by atoms with Crippen molar-refractivity contribution in [3.05, 3.63) is 105 Å². The molecule has 1 aromatic heterocycles. The third kappa shape index (κ3) is 4.41. The van der Waals surface area contributed by atoms with Crippen molar-refractivity contribution in [2.45, 2.75) is 46.0 Å². The van der Waals surface area contributed by atoms with Gasteiger partial charge in [-0.2, -0.15) is 0 Å². The normalized spacial score (nSPS) is 19.0. The molecule has 9 nitrogen and oxygen atoms in total. The molecule has 2 aliphatic rings. The zero-order valence-electron chi connectivity index (χ0n) is 25.9. The molecule has 4 N–H and O–H groups in total. The van der Waals surface area contributed by atoms with Crippen molar-refractivity contribution in [1.82, 2.24) is 10.3 Å². The Morgan fingerprint density at radius 3 is 2.40 bits per heavy atom. The maximum Gasteiger partial charge on any atom is 0.194 e. The second-order valence-corrected chi connectivity index (χ2v) is 11.8. The second kappa shape index (κ2) is 10.7. The van der Waals surface area contributed by atoms with Crippen LogP contribution in [0, 0.1) is 13.8 Å². The van der Waals surface area contributed by atoms with Crippen LogP contribution in [0.25, 0.3) is 10.9 Å². The SMILES string of the molecule is COc1ccc(C(CN/C(C)=C2\C(=O)C=C3Oc4c(C(C)=O)c(O)c(C)c(O)c4[C@@]3(C)C2=O)c2c(C)[nH]c3ccccc23)cc1. The quantitative estimate of drug-likeness (QED) is 0.118. The largest absolute Gasteiger partial charge is 0.507 e. The van der Waals surface area contributed by atoms with Gasteiger partial charge in [0.25, 0.3) is 0 Å². The number of nitrogens with one attached hydrogen (secondary N) is 2. The van der Waals surface area contributed by atoms with Crippen LogP contribution >= 0.6 is 0 Å². The molecule has 0 radical (unpaired) electrons. The standard InChI is InChI=1S/C36H34N2O7/c1-17-32(41)30(20(4)39)34-31(33(17)42)36(5)27(45-34)15-26(40)29(35(36)43)18(2)37-16-24(21-11-13-22(44-6)14-12-21)28-19(3)38-25-10-8-7-9-23(25)28/h7-15,24,37-38,41-42H,16H2,1-6H3/b29-18+/t24?,36-/m0/s1. The molecule has 6 rings (SSSR count). The molecule has 3 aromatic carbocycles. The second-order valence-electron chi connectivity index (χ2n) is 11.8. The minimum atomic E-state index is -1.59. The maximum atomic E-state index is 14.3. The smallest absolute Gasteiger partial charge is 0.194 e. The summed E-state index contributed by atoms with van der Waals surface area (Å²) in [6.45, 7) is 8.34. The highest BCUT2D eigenvalue weighted by Gasteiger charge is 2.56. The predicted octanol–water partition coefficient (Wildman–Crippen LogP) is 5.79. The van der Waals surface area contributed by atoms with Gasteiger partial charge in [-0.15, -0.1) is 0 Å². The third-order valence-corrected chi connectivity index (χ3v) is 9.14. The molecule has 0 amide bonds. The number of hydrogen-bond acceptors (Lipinski definition) is 8. The molecule has 0 saturated carbocycles. The fraction of sp³-hybridized carbons (Fsp3) is 0.250. The molecule has 1 aliphatic carbocycles. The molecular weight excluding hydrogens is 572 g/mol. The van der Waals surface area contributed by atoms with Crippen LogP contribution < -0.4 is 14.8 Å². The van der Waals surface area contributed by atoms with E-state index in [0.29, 0.717) is 12.2 Å². The molecule has 2 atom stereocenters. The number of carbonyl (C=O) groups is 3. The number of methoxy groups -OCH3 is 1. The van der Waals surface area contributed by atoms with E-state index in [1.54, 1.807) is 21.0 Å². The number of para-hydroxylation sites is 1. The topological polar surface area (TPSA) is 138 Å². The highest BCUT2D eigenvalue weighted by atomic mass is 16.5. The van der Waals surface area contributed by atoms with E-state index in [4.69, 9.17) is 9.47 Å². The summed E-state index contributed by atoms with van der Waals surface area (Å²) >= 11 is 0. The molecule has 0 bridgehead atoms. The minimum absolute atomic E-state index is 0.00243. The molecule has 9 heteroatoms. The Labute approximate surface area is 260 Å². The molecule has 0 spiro atoms. The fourth-order valence-corrected chi connectivity index (χ4v) is 6.68. The zero-order chi connectivity index (χ0) is 32.4. The molecule has 1 aliphatic heterocycles. The maximum absolute atomic E-state index is 14.3. The lowest BCUT2D eigenvalue weighted by atomic mass is 9.70. The van der Waals surface area contributed by atoms with Gasteiger partial charge in [0.2, 0.25) is 0 Å². The summed E-state index contributed by atoms with van der Waals surface area (Å²) in [5, 5.41) is 26.2. The number of Topliss-reactive ketones (excluding diaryl/α,β-unsaturated/α-hetero) is 2. The first-order chi connectivity index (χ1) is 21.4. The number of hydrogen-bond donors (Lipinski definition) is 4. The van der Waals surface area contributed by atoms with Crippen LogP contribution in [0.5, 0.6) is 23.0 Å². The monoisotopic (exact) mass is 606 g/mol. The van der Waals surface area contributed by atoms with Gasteiger partial charge in [-0.05, 0) is 63.9 Å². The summed E-state index contributed by atoms with van der Waals surface area (Å²) in [6, 6.07) is 15.9. The van der Waals surface area contributed by atoms with Gasteiger partial charge in [0.15, 0.2) is 17.3 Å². The lowest BCUT2D eigenvalue weighted by Crippen LogP contribution is -2.41. The average molecular weight is 607 g/mol. The van der Waals surface area contributed by atoms with E-state index in [-0.39, 0.29) is 45.4 Å². The first kappa shape index (κ1) is 29.7. The fourth-order valence-electron chi connectivity index (χ4n) is 6.68. The van der Waals surface area contributed by atoms with Gasteiger partial charge >= 0.3 is 0 Å². The van der Waals surface area contributed by atoms with E-state index < -0.39 is 28.5 Å². The van der Waals surface area contributed by atoms with Crippen molar-refractivity contribution in [3.8, 4) is 23.0 Å². The summed E-state index contributed by atoms with van der Waals surface area (Å²) in [4.78, 5) is 43.8. The number of phenolic OH excluding ortho intramolecular Hbond substituents is 2. The zero-order valence-corrected chi connectivity index (χ0v) is 25.9. The Morgan fingerprint density at radius 2 is 1.73 bits per heavy atom. The highest BCUT2D eigenvalue weighted by molar-refractivity contribution is 6.31. The Hall–Kier alpha value is -5.31. The van der Waals surface area contributed by atoms with E-state index in [9.17, 15) is 24.6 Å².